The largest absolute Gasteiger partial charge is 0.314 e. The first-order valence-electron chi connectivity index (χ1n) is 5.41. The van der Waals surface area contributed by atoms with Gasteiger partial charge in [0.05, 0.1) is 5.75 Å². The van der Waals surface area contributed by atoms with Gasteiger partial charge in [0, 0.05) is 24.1 Å². The smallest absolute Gasteiger partial charge is 0.148 e. The van der Waals surface area contributed by atoms with Gasteiger partial charge in [-0.2, -0.15) is 11.8 Å². The van der Waals surface area contributed by atoms with Gasteiger partial charge in [0.2, 0.25) is 0 Å². The Labute approximate surface area is 97.3 Å². The zero-order valence-corrected chi connectivity index (χ0v) is 11.2. The van der Waals surface area contributed by atoms with E-state index in [4.69, 9.17) is 0 Å². The number of hydrogen-bond donors (Lipinski definition) is 1. The number of nitrogens with one attached hydrogen (secondary N) is 1. The van der Waals surface area contributed by atoms with Gasteiger partial charge in [-0.15, -0.1) is 0 Å². The molecule has 1 aliphatic carbocycles. The molecule has 0 atom stereocenters. The molecule has 1 aliphatic rings. The lowest BCUT2D eigenvalue weighted by molar-refractivity contribution is 0.541. The Morgan fingerprint density at radius 2 is 1.93 bits per heavy atom. The molecule has 0 radical (unpaired) electrons. The predicted octanol–water partition coefficient (Wildman–Crippen LogP) is 1.30. The molecule has 0 aliphatic heterocycles. The van der Waals surface area contributed by atoms with E-state index in [0.29, 0.717) is 11.3 Å². The number of hydrogen-bond acceptors (Lipinski definition) is 4. The first-order chi connectivity index (χ1) is 6.97. The summed E-state index contributed by atoms with van der Waals surface area (Å²) in [5, 5.41) is 3.28. The molecule has 0 unspecified atom stereocenters. The van der Waals surface area contributed by atoms with Crippen molar-refractivity contribution in [1.29, 1.82) is 0 Å². The SMILES string of the molecule is CSC1(CNCCS(C)(=O)=O)CCCC1. The van der Waals surface area contributed by atoms with E-state index in [1.54, 1.807) is 0 Å². The fraction of sp³-hybridized carbons (Fsp3) is 1.00. The number of rotatable bonds is 6. The van der Waals surface area contributed by atoms with Crippen molar-refractivity contribution < 1.29 is 8.42 Å². The summed E-state index contributed by atoms with van der Waals surface area (Å²) in [6, 6.07) is 0. The van der Waals surface area contributed by atoms with Gasteiger partial charge in [-0.1, -0.05) is 12.8 Å². The topological polar surface area (TPSA) is 46.2 Å². The standard InChI is InChI=1S/C10H21NO2S2/c1-14-10(5-3-4-6-10)9-11-7-8-15(2,12)13/h11H,3-9H2,1-2H3. The van der Waals surface area contributed by atoms with Crippen LogP contribution in [0.1, 0.15) is 25.7 Å². The lowest BCUT2D eigenvalue weighted by atomic mass is 10.1. The van der Waals surface area contributed by atoms with Crippen LogP contribution in [0, 0.1) is 0 Å². The van der Waals surface area contributed by atoms with Crippen molar-refractivity contribution in [2.45, 2.75) is 30.4 Å². The van der Waals surface area contributed by atoms with Crippen molar-refractivity contribution in [1.82, 2.24) is 5.32 Å². The van der Waals surface area contributed by atoms with E-state index in [2.05, 4.69) is 11.6 Å². The Balaban J connectivity index is 2.24. The average Bonchev–Trinajstić information content (AvgIpc) is 2.60. The van der Waals surface area contributed by atoms with Gasteiger partial charge in [-0.05, 0) is 19.1 Å². The predicted molar refractivity (Wildman–Crippen MR) is 67.3 cm³/mol. The Morgan fingerprint density at radius 3 is 2.40 bits per heavy atom. The molecule has 1 N–H and O–H groups in total. The third-order valence-corrected chi connectivity index (χ3v) is 5.41. The molecule has 0 aromatic heterocycles. The maximum Gasteiger partial charge on any atom is 0.148 e. The Kier molecular flexibility index (Phi) is 4.93. The summed E-state index contributed by atoms with van der Waals surface area (Å²) < 4.78 is 22.2. The molecular formula is C10H21NO2S2. The second-order valence-corrected chi connectivity index (χ2v) is 7.93. The fourth-order valence-electron chi connectivity index (χ4n) is 2.05. The highest BCUT2D eigenvalue weighted by Crippen LogP contribution is 2.39. The van der Waals surface area contributed by atoms with E-state index in [9.17, 15) is 8.42 Å². The first-order valence-corrected chi connectivity index (χ1v) is 8.70. The van der Waals surface area contributed by atoms with Crippen LogP contribution in [0.4, 0.5) is 0 Å². The summed E-state index contributed by atoms with van der Waals surface area (Å²) >= 11 is 1.93. The minimum Gasteiger partial charge on any atom is -0.314 e. The quantitative estimate of drug-likeness (QED) is 0.723. The number of sulfone groups is 1. The van der Waals surface area contributed by atoms with Gasteiger partial charge in [0.15, 0.2) is 0 Å². The van der Waals surface area contributed by atoms with Crippen molar-refractivity contribution in [3.63, 3.8) is 0 Å². The summed E-state index contributed by atoms with van der Waals surface area (Å²) in [7, 11) is -2.82. The maximum atomic E-state index is 10.9. The van der Waals surface area contributed by atoms with Crippen LogP contribution < -0.4 is 5.32 Å². The van der Waals surface area contributed by atoms with E-state index in [0.717, 1.165) is 6.54 Å². The lowest BCUT2D eigenvalue weighted by Crippen LogP contribution is -2.37. The molecule has 0 heterocycles. The van der Waals surface area contributed by atoms with Crippen LogP contribution in [-0.2, 0) is 9.84 Å². The molecule has 0 aromatic rings. The van der Waals surface area contributed by atoms with E-state index in [1.165, 1.54) is 31.9 Å². The second-order valence-electron chi connectivity index (χ2n) is 4.40. The monoisotopic (exact) mass is 251 g/mol. The molecular weight excluding hydrogens is 230 g/mol. The molecule has 1 fully saturated rings. The average molecular weight is 251 g/mol. The summed E-state index contributed by atoms with van der Waals surface area (Å²) in [6.45, 7) is 1.53. The van der Waals surface area contributed by atoms with Crippen molar-refractivity contribution in [2.75, 3.05) is 31.4 Å². The molecule has 0 amide bonds. The van der Waals surface area contributed by atoms with Crippen LogP contribution in [0.3, 0.4) is 0 Å². The molecule has 0 saturated heterocycles. The zero-order chi connectivity index (χ0) is 11.4. The van der Waals surface area contributed by atoms with Crippen molar-refractivity contribution >= 4 is 21.6 Å². The molecule has 1 saturated carbocycles. The third-order valence-electron chi connectivity index (χ3n) is 3.04. The van der Waals surface area contributed by atoms with E-state index in [1.807, 2.05) is 11.8 Å². The van der Waals surface area contributed by atoms with Crippen LogP contribution in [0.15, 0.2) is 0 Å². The molecule has 1 rings (SSSR count). The zero-order valence-electron chi connectivity index (χ0n) is 9.58. The number of thioether (sulfide) groups is 1. The molecule has 15 heavy (non-hydrogen) atoms. The molecule has 5 heteroatoms. The van der Waals surface area contributed by atoms with Gasteiger partial charge in [-0.3, -0.25) is 0 Å². The molecule has 0 spiro atoms. The summed E-state index contributed by atoms with van der Waals surface area (Å²) in [4.78, 5) is 0. The van der Waals surface area contributed by atoms with E-state index < -0.39 is 9.84 Å². The van der Waals surface area contributed by atoms with E-state index in [-0.39, 0.29) is 5.75 Å². The van der Waals surface area contributed by atoms with Crippen molar-refractivity contribution in [3.05, 3.63) is 0 Å². The van der Waals surface area contributed by atoms with Crippen molar-refractivity contribution in [2.24, 2.45) is 0 Å². The minimum absolute atomic E-state index is 0.247. The van der Waals surface area contributed by atoms with Gasteiger partial charge < -0.3 is 5.32 Å². The maximum absolute atomic E-state index is 10.9. The minimum atomic E-state index is -2.82. The molecule has 0 bridgehead atoms. The van der Waals surface area contributed by atoms with Crippen LogP contribution in [-0.4, -0.2) is 44.5 Å². The Hall–Kier alpha value is 0.260. The van der Waals surface area contributed by atoms with Gasteiger partial charge in [0.1, 0.15) is 9.84 Å². The third kappa shape index (κ3) is 4.74. The van der Waals surface area contributed by atoms with Gasteiger partial charge >= 0.3 is 0 Å². The summed E-state index contributed by atoms with van der Waals surface area (Å²) in [5.41, 5.74) is 0. The van der Waals surface area contributed by atoms with Crippen molar-refractivity contribution in [3.8, 4) is 0 Å². The fourth-order valence-corrected chi connectivity index (χ4v) is 3.50. The summed E-state index contributed by atoms with van der Waals surface area (Å²) in [5.74, 6) is 0.247. The highest BCUT2D eigenvalue weighted by Gasteiger charge is 2.32. The highest BCUT2D eigenvalue weighted by atomic mass is 32.2. The Morgan fingerprint density at radius 1 is 1.33 bits per heavy atom. The Bertz CT molecular complexity index is 282. The van der Waals surface area contributed by atoms with Gasteiger partial charge in [0.25, 0.3) is 0 Å². The normalized spacial score (nSPS) is 20.7. The van der Waals surface area contributed by atoms with E-state index >= 15 is 0 Å². The first kappa shape index (κ1) is 13.3. The molecule has 0 aromatic carbocycles. The summed E-state index contributed by atoms with van der Waals surface area (Å²) in [6.07, 6.45) is 8.60. The van der Waals surface area contributed by atoms with Gasteiger partial charge in [-0.25, -0.2) is 8.42 Å². The van der Waals surface area contributed by atoms with Crippen LogP contribution >= 0.6 is 11.8 Å². The second kappa shape index (κ2) is 5.55. The molecule has 90 valence electrons. The van der Waals surface area contributed by atoms with Crippen LogP contribution in [0.2, 0.25) is 0 Å². The van der Waals surface area contributed by atoms with Crippen LogP contribution in [0.5, 0.6) is 0 Å². The van der Waals surface area contributed by atoms with Crippen LogP contribution in [0.25, 0.3) is 0 Å². The molecule has 3 nitrogen and oxygen atoms in total. The highest BCUT2D eigenvalue weighted by molar-refractivity contribution is 8.00. The lowest BCUT2D eigenvalue weighted by Gasteiger charge is -2.26.